The molecular weight excluding hydrogens is 390 g/mol. The summed E-state index contributed by atoms with van der Waals surface area (Å²) in [6.45, 7) is 0.734. The van der Waals surface area contributed by atoms with Crippen molar-refractivity contribution in [1.29, 1.82) is 0 Å². The number of para-hydroxylation sites is 1. The Morgan fingerprint density at radius 3 is 2.84 bits per heavy atom. The van der Waals surface area contributed by atoms with Gasteiger partial charge in [-0.25, -0.2) is 0 Å². The summed E-state index contributed by atoms with van der Waals surface area (Å²) in [6.07, 6.45) is 0. The Bertz CT molecular complexity index is 579. The van der Waals surface area contributed by atoms with Gasteiger partial charge in [0, 0.05) is 20.8 Å². The van der Waals surface area contributed by atoms with E-state index < -0.39 is 0 Å². The second-order valence-corrected chi connectivity index (χ2v) is 7.75. The van der Waals surface area contributed by atoms with Gasteiger partial charge in [-0.15, -0.1) is 11.3 Å². The fraction of sp³-hybridized carbons (Fsp3) is 0.286. The molecule has 2 aromatic rings. The maximum absolute atomic E-state index is 5.79. The van der Waals surface area contributed by atoms with Crippen molar-refractivity contribution in [3.8, 4) is 5.75 Å². The largest absolute Gasteiger partial charge is 0.493 e. The van der Waals surface area contributed by atoms with Gasteiger partial charge in [0.25, 0.3) is 0 Å². The first kappa shape index (κ1) is 13.6. The van der Waals surface area contributed by atoms with Crippen LogP contribution in [0.15, 0.2) is 38.6 Å². The third-order valence-electron chi connectivity index (χ3n) is 3.42. The molecule has 3 rings (SSSR count). The highest BCUT2D eigenvalue weighted by Crippen LogP contribution is 2.44. The van der Waals surface area contributed by atoms with E-state index in [-0.39, 0.29) is 6.04 Å². The first-order chi connectivity index (χ1) is 9.20. The molecule has 0 radical (unpaired) electrons. The molecule has 19 heavy (non-hydrogen) atoms. The van der Waals surface area contributed by atoms with Crippen LogP contribution in [-0.4, -0.2) is 13.7 Å². The molecule has 2 atom stereocenters. The minimum Gasteiger partial charge on any atom is -0.493 e. The maximum atomic E-state index is 5.79. The van der Waals surface area contributed by atoms with E-state index in [2.05, 4.69) is 55.4 Å². The van der Waals surface area contributed by atoms with Gasteiger partial charge in [0.2, 0.25) is 0 Å². The van der Waals surface area contributed by atoms with Crippen LogP contribution in [0.2, 0.25) is 0 Å². The zero-order valence-corrected chi connectivity index (χ0v) is 14.3. The molecule has 100 valence electrons. The average Bonchev–Trinajstić information content (AvgIpc) is 2.97. The minimum atomic E-state index is 0.274. The molecule has 0 bridgehead atoms. The van der Waals surface area contributed by atoms with Crippen molar-refractivity contribution in [2.45, 2.75) is 12.0 Å². The Kier molecular flexibility index (Phi) is 3.98. The van der Waals surface area contributed by atoms with Gasteiger partial charge in [-0.1, -0.05) is 18.2 Å². The quantitative estimate of drug-likeness (QED) is 0.802. The monoisotopic (exact) mass is 401 g/mol. The van der Waals surface area contributed by atoms with E-state index in [9.17, 15) is 0 Å². The zero-order valence-electron chi connectivity index (χ0n) is 10.3. The average molecular weight is 403 g/mol. The topological polar surface area (TPSA) is 21.3 Å². The highest BCUT2D eigenvalue weighted by atomic mass is 79.9. The number of benzene rings is 1. The molecule has 0 saturated heterocycles. The number of halogens is 2. The van der Waals surface area contributed by atoms with Crippen molar-refractivity contribution in [3.05, 3.63) is 49.0 Å². The highest BCUT2D eigenvalue weighted by Gasteiger charge is 2.32. The molecule has 1 aliphatic heterocycles. The number of likely N-dealkylation sites (N-methyl/N-ethyl adjacent to an activating group) is 1. The predicted octanol–water partition coefficient (Wildman–Crippen LogP) is 4.71. The lowest BCUT2D eigenvalue weighted by Gasteiger charge is -2.21. The lowest BCUT2D eigenvalue weighted by atomic mass is 9.92. The van der Waals surface area contributed by atoms with Crippen molar-refractivity contribution in [1.82, 2.24) is 5.32 Å². The summed E-state index contributed by atoms with van der Waals surface area (Å²) < 4.78 is 8.04. The molecule has 0 aliphatic carbocycles. The van der Waals surface area contributed by atoms with E-state index in [1.165, 1.54) is 10.4 Å². The van der Waals surface area contributed by atoms with Crippen LogP contribution in [-0.2, 0) is 0 Å². The molecule has 1 aromatic heterocycles. The van der Waals surface area contributed by atoms with Crippen LogP contribution in [0.1, 0.15) is 22.4 Å². The standard InChI is InChI=1S/C14H13Br2NOS/c1-17-13(12-6-10(15)14(16)19-12)9-7-18-11-5-3-2-4-8(9)11/h2-6,9,13,17H,7H2,1H3. The summed E-state index contributed by atoms with van der Waals surface area (Å²) in [5, 5.41) is 3.43. The number of rotatable bonds is 3. The number of nitrogens with one attached hydrogen (secondary N) is 1. The molecule has 0 amide bonds. The molecule has 0 spiro atoms. The first-order valence-electron chi connectivity index (χ1n) is 6.04. The Hall–Kier alpha value is -0.360. The lowest BCUT2D eigenvalue weighted by molar-refractivity contribution is 0.305. The van der Waals surface area contributed by atoms with E-state index in [1.807, 2.05) is 19.2 Å². The van der Waals surface area contributed by atoms with Gasteiger partial charge in [-0.2, -0.15) is 0 Å². The van der Waals surface area contributed by atoms with Crippen molar-refractivity contribution >= 4 is 43.2 Å². The summed E-state index contributed by atoms with van der Waals surface area (Å²) in [5.74, 6) is 1.38. The number of hydrogen-bond donors (Lipinski definition) is 1. The molecular formula is C14H13Br2NOS. The van der Waals surface area contributed by atoms with Crippen molar-refractivity contribution in [2.24, 2.45) is 0 Å². The Labute approximate surface area is 133 Å². The number of hydrogen-bond acceptors (Lipinski definition) is 3. The first-order valence-corrected chi connectivity index (χ1v) is 8.44. The van der Waals surface area contributed by atoms with Crippen LogP contribution in [0.5, 0.6) is 5.75 Å². The highest BCUT2D eigenvalue weighted by molar-refractivity contribution is 9.13. The lowest BCUT2D eigenvalue weighted by Crippen LogP contribution is -2.24. The van der Waals surface area contributed by atoms with Crippen LogP contribution >= 0.6 is 43.2 Å². The zero-order chi connectivity index (χ0) is 13.4. The van der Waals surface area contributed by atoms with E-state index in [1.54, 1.807) is 11.3 Å². The van der Waals surface area contributed by atoms with Crippen molar-refractivity contribution in [3.63, 3.8) is 0 Å². The van der Waals surface area contributed by atoms with Crippen LogP contribution in [0, 0.1) is 0 Å². The fourth-order valence-electron chi connectivity index (χ4n) is 2.52. The molecule has 1 N–H and O–H groups in total. The minimum absolute atomic E-state index is 0.274. The van der Waals surface area contributed by atoms with Gasteiger partial charge in [0.1, 0.15) is 5.75 Å². The fourth-order valence-corrected chi connectivity index (χ4v) is 4.79. The van der Waals surface area contributed by atoms with Gasteiger partial charge in [-0.3, -0.25) is 0 Å². The number of thiophene rings is 1. The van der Waals surface area contributed by atoms with Gasteiger partial charge in [-0.05, 0) is 51.0 Å². The smallest absolute Gasteiger partial charge is 0.122 e. The Morgan fingerprint density at radius 2 is 2.16 bits per heavy atom. The predicted molar refractivity (Wildman–Crippen MR) is 86.2 cm³/mol. The Morgan fingerprint density at radius 1 is 1.37 bits per heavy atom. The summed E-state index contributed by atoms with van der Waals surface area (Å²) in [6, 6.07) is 10.8. The second-order valence-electron chi connectivity index (χ2n) is 4.49. The van der Waals surface area contributed by atoms with Gasteiger partial charge in [0.05, 0.1) is 16.4 Å². The normalized spacial score (nSPS) is 19.0. The summed E-state index contributed by atoms with van der Waals surface area (Å²) in [4.78, 5) is 1.31. The molecule has 1 aromatic carbocycles. The van der Waals surface area contributed by atoms with Gasteiger partial charge >= 0.3 is 0 Å². The molecule has 1 aliphatic rings. The number of ether oxygens (including phenoxy) is 1. The third kappa shape index (κ3) is 2.49. The summed E-state index contributed by atoms with van der Waals surface area (Å²) in [5.41, 5.74) is 1.29. The van der Waals surface area contributed by atoms with E-state index in [0.29, 0.717) is 5.92 Å². The van der Waals surface area contributed by atoms with Gasteiger partial charge < -0.3 is 10.1 Å². The molecule has 2 heterocycles. The SMILES string of the molecule is CNC(c1cc(Br)c(Br)s1)C1COc2ccccc21. The van der Waals surface area contributed by atoms with Crippen molar-refractivity contribution < 1.29 is 4.74 Å². The van der Waals surface area contributed by atoms with E-state index in [0.717, 1.165) is 20.6 Å². The second kappa shape index (κ2) is 5.56. The molecule has 5 heteroatoms. The van der Waals surface area contributed by atoms with Crippen LogP contribution in [0.4, 0.5) is 0 Å². The van der Waals surface area contributed by atoms with Gasteiger partial charge in [0.15, 0.2) is 0 Å². The molecule has 0 fully saturated rings. The van der Waals surface area contributed by atoms with E-state index in [4.69, 9.17) is 4.74 Å². The van der Waals surface area contributed by atoms with Crippen LogP contribution < -0.4 is 10.1 Å². The molecule has 2 nitrogen and oxygen atoms in total. The van der Waals surface area contributed by atoms with Crippen LogP contribution in [0.3, 0.4) is 0 Å². The number of fused-ring (bicyclic) bond motifs is 1. The Balaban J connectivity index is 1.96. The maximum Gasteiger partial charge on any atom is 0.122 e. The van der Waals surface area contributed by atoms with Crippen molar-refractivity contribution in [2.75, 3.05) is 13.7 Å². The summed E-state index contributed by atoms with van der Waals surface area (Å²) in [7, 11) is 2.01. The van der Waals surface area contributed by atoms with E-state index >= 15 is 0 Å². The molecule has 0 saturated carbocycles. The molecule has 2 unspecified atom stereocenters. The third-order valence-corrected chi connectivity index (χ3v) is 6.76. The van der Waals surface area contributed by atoms with Crippen LogP contribution in [0.25, 0.3) is 0 Å². The summed E-state index contributed by atoms with van der Waals surface area (Å²) >= 11 is 8.89.